The smallest absolute Gasteiger partial charge is 0.387 e. The van der Waals surface area contributed by atoms with Crippen LogP contribution in [0.15, 0.2) is 12.4 Å². The number of hydrogen-bond donors (Lipinski definition) is 1. The topological polar surface area (TPSA) is 58.5 Å². The Labute approximate surface area is 97.1 Å². The summed E-state index contributed by atoms with van der Waals surface area (Å²) in [4.78, 5) is 9.81. The summed E-state index contributed by atoms with van der Waals surface area (Å²) in [5.41, 5.74) is 0. The largest absolute Gasteiger partial charge is 0.432 e. The van der Waals surface area contributed by atoms with Gasteiger partial charge in [0.1, 0.15) is 0 Å². The third-order valence-electron chi connectivity index (χ3n) is 2.59. The molecule has 1 N–H and O–H groups in total. The minimum absolute atomic E-state index is 0.0548. The standard InChI is InChI=1S/C10H13F2N3O2/c11-9(12)17-8-5-13-10(14-6-8)15-3-1-7(16)2-4-15/h5-7,9,16H,1-4H2. The first-order chi connectivity index (χ1) is 8.15. The summed E-state index contributed by atoms with van der Waals surface area (Å²) < 4.78 is 28.0. The van der Waals surface area contributed by atoms with Gasteiger partial charge in [0.2, 0.25) is 5.95 Å². The quantitative estimate of drug-likeness (QED) is 0.862. The molecule has 1 aromatic rings. The van der Waals surface area contributed by atoms with Crippen molar-refractivity contribution in [3.8, 4) is 5.75 Å². The highest BCUT2D eigenvalue weighted by Crippen LogP contribution is 2.18. The first kappa shape index (κ1) is 12.0. The maximum absolute atomic E-state index is 11.9. The predicted octanol–water partition coefficient (Wildman–Crippen LogP) is 1.04. The molecule has 0 amide bonds. The van der Waals surface area contributed by atoms with Crippen LogP contribution in [0.25, 0.3) is 0 Å². The lowest BCUT2D eigenvalue weighted by atomic mass is 10.1. The Balaban J connectivity index is 1.97. The lowest BCUT2D eigenvalue weighted by molar-refractivity contribution is -0.0503. The molecule has 2 heterocycles. The molecule has 7 heteroatoms. The molecule has 2 rings (SSSR count). The molecule has 0 spiro atoms. The number of anilines is 1. The summed E-state index contributed by atoms with van der Waals surface area (Å²) in [6, 6.07) is 0. The number of aromatic nitrogens is 2. The molecule has 1 fully saturated rings. The summed E-state index contributed by atoms with van der Waals surface area (Å²) in [6.45, 7) is -1.54. The van der Waals surface area contributed by atoms with Gasteiger partial charge in [-0.15, -0.1) is 0 Å². The van der Waals surface area contributed by atoms with Gasteiger partial charge in [-0.1, -0.05) is 0 Å². The normalized spacial score (nSPS) is 17.5. The van der Waals surface area contributed by atoms with E-state index in [9.17, 15) is 13.9 Å². The van der Waals surface area contributed by atoms with Gasteiger partial charge in [-0.05, 0) is 12.8 Å². The molecule has 0 bridgehead atoms. The fraction of sp³-hybridized carbons (Fsp3) is 0.600. The van der Waals surface area contributed by atoms with Crippen LogP contribution in [0.5, 0.6) is 5.75 Å². The second-order valence-corrected chi connectivity index (χ2v) is 3.82. The van der Waals surface area contributed by atoms with E-state index < -0.39 is 6.61 Å². The van der Waals surface area contributed by atoms with Gasteiger partial charge in [0.15, 0.2) is 5.75 Å². The average molecular weight is 245 g/mol. The first-order valence-corrected chi connectivity index (χ1v) is 5.35. The molecule has 94 valence electrons. The van der Waals surface area contributed by atoms with E-state index >= 15 is 0 Å². The van der Waals surface area contributed by atoms with Crippen LogP contribution in [-0.2, 0) is 0 Å². The highest BCUT2D eigenvalue weighted by atomic mass is 19.3. The van der Waals surface area contributed by atoms with Crippen LogP contribution < -0.4 is 9.64 Å². The van der Waals surface area contributed by atoms with E-state index in [-0.39, 0.29) is 11.9 Å². The van der Waals surface area contributed by atoms with E-state index in [1.54, 1.807) is 0 Å². The van der Waals surface area contributed by atoms with E-state index in [2.05, 4.69) is 14.7 Å². The minimum atomic E-state index is -2.87. The van der Waals surface area contributed by atoms with Crippen molar-refractivity contribution in [3.05, 3.63) is 12.4 Å². The van der Waals surface area contributed by atoms with E-state index in [0.29, 0.717) is 31.9 Å². The molecule has 1 aliphatic heterocycles. The Kier molecular flexibility index (Phi) is 3.68. The van der Waals surface area contributed by atoms with Crippen molar-refractivity contribution in [3.63, 3.8) is 0 Å². The van der Waals surface area contributed by atoms with Gasteiger partial charge in [0.25, 0.3) is 0 Å². The molecule has 0 radical (unpaired) electrons. The van der Waals surface area contributed by atoms with Crippen molar-refractivity contribution in [2.75, 3.05) is 18.0 Å². The predicted molar refractivity (Wildman–Crippen MR) is 56.1 cm³/mol. The van der Waals surface area contributed by atoms with Crippen LogP contribution in [-0.4, -0.2) is 40.9 Å². The summed E-state index contributed by atoms with van der Waals surface area (Å²) in [7, 11) is 0. The minimum Gasteiger partial charge on any atom is -0.432 e. The van der Waals surface area contributed by atoms with Crippen LogP contribution in [0, 0.1) is 0 Å². The van der Waals surface area contributed by atoms with E-state index in [1.165, 1.54) is 12.4 Å². The lowest BCUT2D eigenvalue weighted by Crippen LogP contribution is -2.36. The number of halogens is 2. The Bertz CT molecular complexity index is 353. The molecule has 0 saturated carbocycles. The Morgan fingerprint density at radius 2 is 1.88 bits per heavy atom. The number of ether oxygens (including phenoxy) is 1. The maximum Gasteiger partial charge on any atom is 0.387 e. The number of aliphatic hydroxyl groups is 1. The molecule has 1 aromatic heterocycles. The third kappa shape index (κ3) is 3.23. The van der Waals surface area contributed by atoms with Crippen LogP contribution in [0.4, 0.5) is 14.7 Å². The Morgan fingerprint density at radius 3 is 2.41 bits per heavy atom. The molecule has 1 aliphatic rings. The molecule has 17 heavy (non-hydrogen) atoms. The Hall–Kier alpha value is -1.50. The van der Waals surface area contributed by atoms with Gasteiger partial charge >= 0.3 is 6.61 Å². The maximum atomic E-state index is 11.9. The molecule has 5 nitrogen and oxygen atoms in total. The monoisotopic (exact) mass is 245 g/mol. The van der Waals surface area contributed by atoms with Gasteiger partial charge in [0.05, 0.1) is 18.5 Å². The van der Waals surface area contributed by atoms with Gasteiger partial charge < -0.3 is 14.7 Å². The van der Waals surface area contributed by atoms with Crippen molar-refractivity contribution >= 4 is 5.95 Å². The summed E-state index contributed by atoms with van der Waals surface area (Å²) in [6.07, 6.45) is 3.50. The van der Waals surface area contributed by atoms with Gasteiger partial charge in [-0.3, -0.25) is 0 Å². The molecule has 1 saturated heterocycles. The second-order valence-electron chi connectivity index (χ2n) is 3.82. The van der Waals surface area contributed by atoms with Crippen molar-refractivity contribution in [2.45, 2.75) is 25.6 Å². The zero-order chi connectivity index (χ0) is 12.3. The fourth-order valence-electron chi connectivity index (χ4n) is 1.70. The SMILES string of the molecule is OC1CCN(c2ncc(OC(F)F)cn2)CC1. The van der Waals surface area contributed by atoms with Crippen molar-refractivity contribution in [2.24, 2.45) is 0 Å². The first-order valence-electron chi connectivity index (χ1n) is 5.35. The van der Waals surface area contributed by atoms with Gasteiger partial charge in [0, 0.05) is 13.1 Å². The molecule has 0 aliphatic carbocycles. The zero-order valence-electron chi connectivity index (χ0n) is 9.09. The van der Waals surface area contributed by atoms with E-state index in [0.717, 1.165) is 0 Å². The number of alkyl halides is 2. The summed E-state index contributed by atoms with van der Waals surface area (Å²) in [5, 5.41) is 9.35. The highest BCUT2D eigenvalue weighted by Gasteiger charge is 2.19. The van der Waals surface area contributed by atoms with Crippen molar-refractivity contribution < 1.29 is 18.6 Å². The van der Waals surface area contributed by atoms with Crippen molar-refractivity contribution in [1.82, 2.24) is 9.97 Å². The van der Waals surface area contributed by atoms with Gasteiger partial charge in [-0.25, -0.2) is 9.97 Å². The highest BCUT2D eigenvalue weighted by molar-refractivity contribution is 5.31. The van der Waals surface area contributed by atoms with Gasteiger partial charge in [-0.2, -0.15) is 8.78 Å². The molecule has 0 unspecified atom stereocenters. The van der Waals surface area contributed by atoms with Crippen molar-refractivity contribution in [1.29, 1.82) is 0 Å². The zero-order valence-corrected chi connectivity index (χ0v) is 9.09. The average Bonchev–Trinajstić information content (AvgIpc) is 2.30. The summed E-state index contributed by atoms with van der Waals surface area (Å²) >= 11 is 0. The van der Waals surface area contributed by atoms with E-state index in [4.69, 9.17) is 0 Å². The fourth-order valence-corrected chi connectivity index (χ4v) is 1.70. The number of piperidine rings is 1. The lowest BCUT2D eigenvalue weighted by Gasteiger charge is -2.29. The van der Waals surface area contributed by atoms with Crippen LogP contribution in [0.2, 0.25) is 0 Å². The molecular formula is C10H13F2N3O2. The third-order valence-corrected chi connectivity index (χ3v) is 2.59. The molecule has 0 atom stereocenters. The number of aliphatic hydroxyl groups excluding tert-OH is 1. The molecule has 0 aromatic carbocycles. The summed E-state index contributed by atoms with van der Waals surface area (Å²) in [5.74, 6) is 0.416. The number of nitrogens with zero attached hydrogens (tertiary/aromatic N) is 3. The number of hydrogen-bond acceptors (Lipinski definition) is 5. The second kappa shape index (κ2) is 5.22. The van der Waals surface area contributed by atoms with E-state index in [1.807, 2.05) is 4.90 Å². The van der Waals surface area contributed by atoms with Crippen LogP contribution in [0.3, 0.4) is 0 Å². The molecular weight excluding hydrogens is 232 g/mol. The number of rotatable bonds is 3. The van der Waals surface area contributed by atoms with Crippen LogP contribution >= 0.6 is 0 Å². The Morgan fingerprint density at radius 1 is 1.29 bits per heavy atom. The van der Waals surface area contributed by atoms with Crippen LogP contribution in [0.1, 0.15) is 12.8 Å².